The zero-order valence-corrected chi connectivity index (χ0v) is 11.2. The van der Waals surface area contributed by atoms with Gasteiger partial charge in [-0.25, -0.2) is 9.37 Å². The van der Waals surface area contributed by atoms with Crippen molar-refractivity contribution in [3.05, 3.63) is 28.8 Å². The van der Waals surface area contributed by atoms with Crippen LogP contribution in [0.5, 0.6) is 0 Å². The fourth-order valence-electron chi connectivity index (χ4n) is 2.96. The minimum atomic E-state index is -0.616. The maximum Gasteiger partial charge on any atom is 0.270 e. The van der Waals surface area contributed by atoms with Crippen molar-refractivity contribution in [2.24, 2.45) is 5.92 Å². The third kappa shape index (κ3) is 2.72. The van der Waals surface area contributed by atoms with Crippen LogP contribution in [0.3, 0.4) is 0 Å². The highest BCUT2D eigenvalue weighted by atomic mass is 35.5. The number of carbonyl (C=O) groups is 1. The topological polar surface area (TPSA) is 45.2 Å². The molecule has 2 fully saturated rings. The van der Waals surface area contributed by atoms with Gasteiger partial charge in [-0.2, -0.15) is 0 Å². The maximum atomic E-state index is 13.3. The molecule has 0 aromatic carbocycles. The fraction of sp³-hybridized carbons (Fsp3) is 0.538. The Morgan fingerprint density at radius 3 is 3.11 bits per heavy atom. The Morgan fingerprint density at radius 1 is 1.53 bits per heavy atom. The molecule has 3 rings (SSSR count). The van der Waals surface area contributed by atoms with Gasteiger partial charge in [-0.3, -0.25) is 4.79 Å². The molecule has 0 saturated carbocycles. The SMILES string of the molecule is O=C(N[C@@H]1C[C@@H]2CCN(C2)C1)c1cc(F)c(Cl)cn1. The lowest BCUT2D eigenvalue weighted by atomic mass is 9.97. The number of carbonyl (C=O) groups excluding carboxylic acids is 1. The summed E-state index contributed by atoms with van der Waals surface area (Å²) in [5.41, 5.74) is 0.0785. The second kappa shape index (κ2) is 5.06. The molecular weight excluding hydrogens is 269 g/mol. The van der Waals surface area contributed by atoms with Crippen LogP contribution in [0.4, 0.5) is 4.39 Å². The number of nitrogens with zero attached hydrogens (tertiary/aromatic N) is 2. The van der Waals surface area contributed by atoms with Crippen LogP contribution in [0.25, 0.3) is 0 Å². The van der Waals surface area contributed by atoms with Crippen LogP contribution < -0.4 is 5.32 Å². The molecule has 1 unspecified atom stereocenters. The van der Waals surface area contributed by atoms with E-state index in [2.05, 4.69) is 15.2 Å². The zero-order chi connectivity index (χ0) is 13.4. The standard InChI is InChI=1S/C13H15ClFN3O/c14-10-5-16-12(4-11(10)15)13(19)17-9-3-8-1-2-18(6-8)7-9/h4-5,8-9H,1-3,6-7H2,(H,17,19)/t8-,9+/m0/s1. The molecule has 2 aliphatic heterocycles. The van der Waals surface area contributed by atoms with Crippen molar-refractivity contribution in [2.45, 2.75) is 18.9 Å². The average molecular weight is 284 g/mol. The van der Waals surface area contributed by atoms with E-state index in [0.29, 0.717) is 5.92 Å². The predicted molar refractivity (Wildman–Crippen MR) is 69.6 cm³/mol. The van der Waals surface area contributed by atoms with Gasteiger partial charge in [-0.05, 0) is 25.3 Å². The second-order valence-electron chi connectivity index (χ2n) is 5.30. The van der Waals surface area contributed by atoms with Gasteiger partial charge >= 0.3 is 0 Å². The highest BCUT2D eigenvalue weighted by molar-refractivity contribution is 6.30. The van der Waals surface area contributed by atoms with Crippen LogP contribution in [0, 0.1) is 11.7 Å². The number of amides is 1. The van der Waals surface area contributed by atoms with Gasteiger partial charge in [-0.1, -0.05) is 11.6 Å². The van der Waals surface area contributed by atoms with Crippen molar-refractivity contribution < 1.29 is 9.18 Å². The van der Waals surface area contributed by atoms with Gasteiger partial charge in [0.15, 0.2) is 0 Å². The molecular formula is C13H15ClFN3O. The molecule has 1 N–H and O–H groups in total. The van der Waals surface area contributed by atoms with Gasteiger partial charge in [-0.15, -0.1) is 0 Å². The number of piperidine rings is 1. The lowest BCUT2D eigenvalue weighted by Gasteiger charge is -2.30. The lowest BCUT2D eigenvalue weighted by molar-refractivity contribution is 0.0904. The van der Waals surface area contributed by atoms with Crippen molar-refractivity contribution >= 4 is 17.5 Å². The summed E-state index contributed by atoms with van der Waals surface area (Å²) < 4.78 is 13.3. The Kier molecular flexibility index (Phi) is 3.41. The molecule has 0 spiro atoms. The normalized spacial score (nSPS) is 29.3. The smallest absolute Gasteiger partial charge is 0.270 e. The summed E-state index contributed by atoms with van der Waals surface area (Å²) in [6.45, 7) is 3.13. The summed E-state index contributed by atoms with van der Waals surface area (Å²) >= 11 is 5.55. The number of hydrogen-bond acceptors (Lipinski definition) is 3. The van der Waals surface area contributed by atoms with Crippen LogP contribution in [0.1, 0.15) is 23.3 Å². The Hall–Kier alpha value is -1.20. The Balaban J connectivity index is 1.66. The van der Waals surface area contributed by atoms with E-state index < -0.39 is 5.82 Å². The summed E-state index contributed by atoms with van der Waals surface area (Å²) in [7, 11) is 0. The monoisotopic (exact) mass is 283 g/mol. The van der Waals surface area contributed by atoms with Crippen LogP contribution in [0.15, 0.2) is 12.3 Å². The van der Waals surface area contributed by atoms with Crippen molar-refractivity contribution in [3.63, 3.8) is 0 Å². The van der Waals surface area contributed by atoms with E-state index in [-0.39, 0.29) is 22.7 Å². The van der Waals surface area contributed by atoms with E-state index in [1.165, 1.54) is 12.6 Å². The van der Waals surface area contributed by atoms with Crippen molar-refractivity contribution in [1.82, 2.24) is 15.2 Å². The highest BCUT2D eigenvalue weighted by Crippen LogP contribution is 2.26. The summed E-state index contributed by atoms with van der Waals surface area (Å²) in [5, 5.41) is 2.86. The predicted octanol–water partition coefficient (Wildman–Crippen LogP) is 1.70. The number of fused-ring (bicyclic) bond motifs is 2. The van der Waals surface area contributed by atoms with Crippen LogP contribution >= 0.6 is 11.6 Å². The third-order valence-electron chi connectivity index (χ3n) is 3.84. The minimum Gasteiger partial charge on any atom is -0.347 e. The number of rotatable bonds is 2. The van der Waals surface area contributed by atoms with Crippen molar-refractivity contribution in [1.29, 1.82) is 0 Å². The number of nitrogens with one attached hydrogen (secondary N) is 1. The summed E-state index contributed by atoms with van der Waals surface area (Å²) in [6, 6.07) is 1.21. The highest BCUT2D eigenvalue weighted by Gasteiger charge is 2.33. The zero-order valence-electron chi connectivity index (χ0n) is 10.4. The first-order chi connectivity index (χ1) is 9.11. The number of aromatic nitrogens is 1. The minimum absolute atomic E-state index is 0.0710. The summed E-state index contributed by atoms with van der Waals surface area (Å²) in [5.74, 6) is -0.272. The van der Waals surface area contributed by atoms with E-state index in [0.717, 1.165) is 32.1 Å². The molecule has 6 heteroatoms. The van der Waals surface area contributed by atoms with Crippen molar-refractivity contribution in [2.75, 3.05) is 19.6 Å². The van der Waals surface area contributed by atoms with Gasteiger partial charge in [0.2, 0.25) is 0 Å². The lowest BCUT2D eigenvalue weighted by Crippen LogP contribution is -2.47. The molecule has 3 atom stereocenters. The van der Waals surface area contributed by atoms with Gasteiger partial charge < -0.3 is 10.2 Å². The first-order valence-corrected chi connectivity index (χ1v) is 6.84. The Labute approximate surface area is 115 Å². The molecule has 2 bridgehead atoms. The largest absolute Gasteiger partial charge is 0.347 e. The average Bonchev–Trinajstić information content (AvgIpc) is 2.72. The maximum absolute atomic E-state index is 13.3. The van der Waals surface area contributed by atoms with Crippen molar-refractivity contribution in [3.8, 4) is 0 Å². The fourth-order valence-corrected chi connectivity index (χ4v) is 3.07. The second-order valence-corrected chi connectivity index (χ2v) is 5.71. The van der Waals surface area contributed by atoms with Gasteiger partial charge in [0.25, 0.3) is 5.91 Å². The van der Waals surface area contributed by atoms with Crippen LogP contribution in [-0.4, -0.2) is 41.5 Å². The molecule has 3 heterocycles. The summed E-state index contributed by atoms with van der Waals surface area (Å²) in [4.78, 5) is 18.2. The van der Waals surface area contributed by atoms with Gasteiger partial charge in [0.1, 0.15) is 11.5 Å². The molecule has 2 saturated heterocycles. The molecule has 4 nitrogen and oxygen atoms in total. The van der Waals surface area contributed by atoms with Gasteiger partial charge in [0.05, 0.1) is 5.02 Å². The van der Waals surface area contributed by atoms with E-state index in [1.54, 1.807) is 0 Å². The van der Waals surface area contributed by atoms with Crippen LogP contribution in [-0.2, 0) is 0 Å². The summed E-state index contributed by atoms with van der Waals surface area (Å²) in [6.07, 6.45) is 3.37. The molecule has 1 aromatic rings. The van der Waals surface area contributed by atoms with E-state index in [1.807, 2.05) is 0 Å². The molecule has 102 valence electrons. The van der Waals surface area contributed by atoms with Gasteiger partial charge in [0, 0.05) is 31.4 Å². The number of pyridine rings is 1. The number of halogens is 2. The van der Waals surface area contributed by atoms with E-state index in [4.69, 9.17) is 11.6 Å². The quantitative estimate of drug-likeness (QED) is 0.898. The van der Waals surface area contributed by atoms with Crippen LogP contribution in [0.2, 0.25) is 5.02 Å². The third-order valence-corrected chi connectivity index (χ3v) is 4.12. The Morgan fingerprint density at radius 2 is 2.37 bits per heavy atom. The molecule has 1 amide bonds. The molecule has 1 aromatic heterocycles. The first-order valence-electron chi connectivity index (χ1n) is 6.46. The Bertz CT molecular complexity index is 499. The molecule has 0 radical (unpaired) electrons. The first kappa shape index (κ1) is 12.8. The van der Waals surface area contributed by atoms with E-state index in [9.17, 15) is 9.18 Å². The molecule has 2 aliphatic rings. The molecule has 0 aliphatic carbocycles. The molecule has 19 heavy (non-hydrogen) atoms. The number of hydrogen-bond donors (Lipinski definition) is 1. The van der Waals surface area contributed by atoms with E-state index >= 15 is 0 Å².